The van der Waals surface area contributed by atoms with Crippen molar-refractivity contribution in [3.8, 4) is 0 Å². The highest BCUT2D eigenvalue weighted by Crippen LogP contribution is 2.37. The Morgan fingerprint density at radius 2 is 1.95 bits per heavy atom. The lowest BCUT2D eigenvalue weighted by Gasteiger charge is -2.38. The van der Waals surface area contributed by atoms with Crippen LogP contribution in [0, 0.1) is 0 Å². The first-order chi connectivity index (χ1) is 10.1. The number of rotatable bonds is 3. The molecule has 0 unspecified atom stereocenters. The van der Waals surface area contributed by atoms with Crippen LogP contribution >= 0.6 is 0 Å². The van der Waals surface area contributed by atoms with Crippen LogP contribution in [0.25, 0.3) is 0 Å². The van der Waals surface area contributed by atoms with Crippen LogP contribution in [0.3, 0.4) is 0 Å². The van der Waals surface area contributed by atoms with Crippen molar-refractivity contribution in [3.63, 3.8) is 0 Å². The Balaban J connectivity index is 1.60. The van der Waals surface area contributed by atoms with E-state index in [1.165, 1.54) is 0 Å². The van der Waals surface area contributed by atoms with E-state index in [4.69, 9.17) is 13.9 Å². The molecule has 1 saturated heterocycles. The number of furan rings is 1. The number of aryl methyl sites for hydroxylation is 1. The van der Waals surface area contributed by atoms with Gasteiger partial charge in [-0.25, -0.2) is 0 Å². The van der Waals surface area contributed by atoms with Gasteiger partial charge in [0.15, 0.2) is 11.5 Å². The summed E-state index contributed by atoms with van der Waals surface area (Å²) < 4.78 is 17.0. The topological polar surface area (TPSA) is 51.9 Å². The smallest absolute Gasteiger partial charge is 0.289 e. The Bertz CT molecular complexity index is 494. The number of hydrogen-bond acceptors (Lipinski definition) is 4. The molecular weight excluding hydrogens is 270 g/mol. The molecule has 2 heterocycles. The summed E-state index contributed by atoms with van der Waals surface area (Å²) in [5, 5.41) is 0. The fourth-order valence-electron chi connectivity index (χ4n) is 3.24. The Morgan fingerprint density at radius 1 is 1.29 bits per heavy atom. The van der Waals surface area contributed by atoms with Crippen molar-refractivity contribution in [2.24, 2.45) is 0 Å². The van der Waals surface area contributed by atoms with Crippen LogP contribution in [0.4, 0.5) is 0 Å². The molecule has 0 aromatic carbocycles. The highest BCUT2D eigenvalue weighted by Gasteiger charge is 2.41. The predicted octanol–water partition coefficient (Wildman–Crippen LogP) is 2.60. The van der Waals surface area contributed by atoms with Crippen LogP contribution in [0.15, 0.2) is 16.5 Å². The quantitative estimate of drug-likeness (QED) is 0.859. The van der Waals surface area contributed by atoms with Gasteiger partial charge in [0.25, 0.3) is 5.91 Å². The fourth-order valence-corrected chi connectivity index (χ4v) is 3.24. The standard InChI is InChI=1S/C16H23NO4/c1-3-13-4-5-14(21-13)15(18)17(2)12-6-8-16(9-7-12)19-10-11-20-16/h4-5,12H,3,6-11H2,1-2H3. The van der Waals surface area contributed by atoms with Crippen molar-refractivity contribution < 1.29 is 18.7 Å². The maximum atomic E-state index is 12.5. The Morgan fingerprint density at radius 3 is 2.52 bits per heavy atom. The number of carbonyl (C=O) groups is 1. The summed E-state index contributed by atoms with van der Waals surface area (Å²) in [6, 6.07) is 3.87. The van der Waals surface area contributed by atoms with Crippen molar-refractivity contribution in [3.05, 3.63) is 23.7 Å². The van der Waals surface area contributed by atoms with E-state index >= 15 is 0 Å². The first-order valence-corrected chi connectivity index (χ1v) is 7.77. The largest absolute Gasteiger partial charge is 0.456 e. The summed E-state index contributed by atoms with van der Waals surface area (Å²) in [7, 11) is 1.86. The van der Waals surface area contributed by atoms with Gasteiger partial charge in [-0.05, 0) is 25.0 Å². The number of hydrogen-bond donors (Lipinski definition) is 0. The molecule has 1 spiro atoms. The molecule has 1 aliphatic heterocycles. The number of ether oxygens (including phenoxy) is 2. The van der Waals surface area contributed by atoms with Gasteiger partial charge >= 0.3 is 0 Å². The summed E-state index contributed by atoms with van der Waals surface area (Å²) >= 11 is 0. The van der Waals surface area contributed by atoms with E-state index in [1.807, 2.05) is 20.0 Å². The van der Waals surface area contributed by atoms with E-state index in [0.29, 0.717) is 19.0 Å². The minimum absolute atomic E-state index is 0.0380. The second kappa shape index (κ2) is 5.81. The minimum atomic E-state index is -0.375. The van der Waals surface area contributed by atoms with Gasteiger partial charge in [0.2, 0.25) is 0 Å². The molecular formula is C16H23NO4. The highest BCUT2D eigenvalue weighted by molar-refractivity contribution is 5.91. The average Bonchev–Trinajstić information content (AvgIpc) is 3.16. The van der Waals surface area contributed by atoms with Crippen LogP contribution in [-0.4, -0.2) is 42.9 Å². The van der Waals surface area contributed by atoms with Crippen molar-refractivity contribution >= 4 is 5.91 Å². The third-order valence-corrected chi connectivity index (χ3v) is 4.62. The molecule has 5 nitrogen and oxygen atoms in total. The Labute approximate surface area is 125 Å². The van der Waals surface area contributed by atoms with Gasteiger partial charge in [-0.15, -0.1) is 0 Å². The first-order valence-electron chi connectivity index (χ1n) is 7.77. The maximum absolute atomic E-state index is 12.5. The molecule has 1 aliphatic carbocycles. The molecule has 0 atom stereocenters. The fraction of sp³-hybridized carbons (Fsp3) is 0.688. The molecule has 1 aromatic heterocycles. The molecule has 1 amide bonds. The molecule has 2 aliphatic rings. The van der Waals surface area contributed by atoms with Crippen LogP contribution in [0.2, 0.25) is 0 Å². The summed E-state index contributed by atoms with van der Waals surface area (Å²) in [5.74, 6) is 0.870. The SMILES string of the molecule is CCc1ccc(C(=O)N(C)C2CCC3(CC2)OCCO3)o1. The molecule has 2 fully saturated rings. The molecule has 0 N–H and O–H groups in total. The number of carbonyl (C=O) groups excluding carboxylic acids is 1. The van der Waals surface area contributed by atoms with Gasteiger partial charge in [-0.2, -0.15) is 0 Å². The highest BCUT2D eigenvalue weighted by atomic mass is 16.7. The summed E-state index contributed by atoms with van der Waals surface area (Å²) in [6.45, 7) is 3.39. The molecule has 0 radical (unpaired) electrons. The average molecular weight is 293 g/mol. The zero-order chi connectivity index (χ0) is 14.9. The van der Waals surface area contributed by atoms with E-state index in [1.54, 1.807) is 11.0 Å². The molecule has 0 bridgehead atoms. The molecule has 3 rings (SSSR count). The van der Waals surface area contributed by atoms with E-state index in [2.05, 4.69) is 0 Å². The van der Waals surface area contributed by atoms with Gasteiger partial charge < -0.3 is 18.8 Å². The van der Waals surface area contributed by atoms with E-state index < -0.39 is 0 Å². The van der Waals surface area contributed by atoms with Crippen molar-refractivity contribution in [1.29, 1.82) is 0 Å². The number of nitrogens with zero attached hydrogens (tertiary/aromatic N) is 1. The summed E-state index contributed by atoms with van der Waals surface area (Å²) in [4.78, 5) is 14.3. The predicted molar refractivity (Wildman–Crippen MR) is 77.1 cm³/mol. The number of amides is 1. The van der Waals surface area contributed by atoms with Gasteiger partial charge in [0, 0.05) is 32.4 Å². The molecule has 116 valence electrons. The summed E-state index contributed by atoms with van der Waals surface area (Å²) in [5.41, 5.74) is 0. The van der Waals surface area contributed by atoms with E-state index in [-0.39, 0.29) is 17.7 Å². The van der Waals surface area contributed by atoms with Crippen LogP contribution in [0.1, 0.15) is 48.9 Å². The van der Waals surface area contributed by atoms with Crippen LogP contribution in [-0.2, 0) is 15.9 Å². The second-order valence-electron chi connectivity index (χ2n) is 5.87. The molecule has 21 heavy (non-hydrogen) atoms. The zero-order valence-corrected chi connectivity index (χ0v) is 12.8. The van der Waals surface area contributed by atoms with Gasteiger partial charge in [-0.3, -0.25) is 4.79 Å². The Kier molecular flexibility index (Phi) is 4.04. The van der Waals surface area contributed by atoms with Gasteiger partial charge in [0.05, 0.1) is 13.2 Å². The first kappa shape index (κ1) is 14.6. The maximum Gasteiger partial charge on any atom is 0.289 e. The third-order valence-electron chi connectivity index (χ3n) is 4.62. The second-order valence-corrected chi connectivity index (χ2v) is 5.87. The molecule has 5 heteroatoms. The van der Waals surface area contributed by atoms with E-state index in [0.717, 1.165) is 37.9 Å². The zero-order valence-electron chi connectivity index (χ0n) is 12.8. The lowest BCUT2D eigenvalue weighted by Crippen LogP contribution is -2.44. The van der Waals surface area contributed by atoms with Gasteiger partial charge in [0.1, 0.15) is 5.76 Å². The molecule has 1 saturated carbocycles. The lowest BCUT2D eigenvalue weighted by atomic mass is 9.89. The third kappa shape index (κ3) is 2.85. The van der Waals surface area contributed by atoms with Crippen molar-refractivity contribution in [1.82, 2.24) is 4.90 Å². The Hall–Kier alpha value is -1.33. The minimum Gasteiger partial charge on any atom is -0.456 e. The lowest BCUT2D eigenvalue weighted by molar-refractivity contribution is -0.182. The van der Waals surface area contributed by atoms with Crippen LogP contribution in [0.5, 0.6) is 0 Å². The van der Waals surface area contributed by atoms with Gasteiger partial charge in [-0.1, -0.05) is 6.92 Å². The normalized spacial score (nSPS) is 21.8. The monoisotopic (exact) mass is 293 g/mol. The van der Waals surface area contributed by atoms with Crippen molar-refractivity contribution in [2.45, 2.75) is 50.9 Å². The van der Waals surface area contributed by atoms with Crippen LogP contribution < -0.4 is 0 Å². The van der Waals surface area contributed by atoms with Crippen molar-refractivity contribution in [2.75, 3.05) is 20.3 Å². The molecule has 1 aromatic rings. The summed E-state index contributed by atoms with van der Waals surface area (Å²) in [6.07, 6.45) is 4.33. The van der Waals surface area contributed by atoms with E-state index in [9.17, 15) is 4.79 Å².